The van der Waals surface area contributed by atoms with Crippen molar-refractivity contribution in [3.05, 3.63) is 59.7 Å². The molecule has 140 valence electrons. The summed E-state index contributed by atoms with van der Waals surface area (Å²) < 4.78 is 11.4. The lowest BCUT2D eigenvalue weighted by Crippen LogP contribution is -2.37. The van der Waals surface area contributed by atoms with Gasteiger partial charge in [-0.3, -0.25) is 4.79 Å². The van der Waals surface area contributed by atoms with E-state index in [-0.39, 0.29) is 12.0 Å². The third-order valence-corrected chi connectivity index (χ3v) is 4.00. The van der Waals surface area contributed by atoms with Gasteiger partial charge in [0, 0.05) is 6.54 Å². The summed E-state index contributed by atoms with van der Waals surface area (Å²) in [6.45, 7) is 8.40. The highest BCUT2D eigenvalue weighted by molar-refractivity contribution is 5.80. The second-order valence-corrected chi connectivity index (χ2v) is 6.73. The Hall–Kier alpha value is -2.49. The molecule has 2 rings (SSSR count). The largest absolute Gasteiger partial charge is 0.491 e. The quantitative estimate of drug-likeness (QED) is 0.682. The Bertz CT molecular complexity index is 695. The number of hydrogen-bond donors (Lipinski definition) is 1. The van der Waals surface area contributed by atoms with E-state index in [4.69, 9.17) is 9.47 Å². The highest BCUT2D eigenvalue weighted by Gasteiger charge is 2.14. The first-order valence-electron chi connectivity index (χ1n) is 9.21. The topological polar surface area (TPSA) is 47.6 Å². The molecule has 26 heavy (non-hydrogen) atoms. The summed E-state index contributed by atoms with van der Waals surface area (Å²) in [5.74, 6) is 1.55. The van der Waals surface area contributed by atoms with Crippen LogP contribution in [0.3, 0.4) is 0 Å². The second-order valence-electron chi connectivity index (χ2n) is 6.73. The molecule has 0 unspecified atom stereocenters. The molecule has 0 aromatic heterocycles. The number of ether oxygens (including phenoxy) is 2. The van der Waals surface area contributed by atoms with Crippen LogP contribution in [0.5, 0.6) is 11.5 Å². The van der Waals surface area contributed by atoms with Gasteiger partial charge in [-0.25, -0.2) is 0 Å². The normalized spacial score (nSPS) is 11.9. The van der Waals surface area contributed by atoms with Crippen LogP contribution in [0.25, 0.3) is 0 Å². The van der Waals surface area contributed by atoms with Crippen molar-refractivity contribution in [2.45, 2.75) is 52.7 Å². The van der Waals surface area contributed by atoms with Crippen molar-refractivity contribution >= 4 is 5.91 Å². The number of carbonyl (C=O) groups excluding carboxylic acids is 1. The molecule has 0 saturated heterocycles. The van der Waals surface area contributed by atoms with Crippen LogP contribution < -0.4 is 14.8 Å². The van der Waals surface area contributed by atoms with Gasteiger partial charge in [0.2, 0.25) is 0 Å². The standard InChI is InChI=1S/C22H29NO3/c1-16(2)25-20-13-11-19(12-14-20)9-7-15-23-22(24)18(4)26-21-10-6-5-8-17(21)3/h5-6,8,10-14,16,18H,7,9,15H2,1-4H3,(H,23,24)/t18-/m0/s1. The summed E-state index contributed by atoms with van der Waals surface area (Å²) in [5, 5.41) is 2.94. The van der Waals surface area contributed by atoms with Gasteiger partial charge in [-0.1, -0.05) is 30.3 Å². The van der Waals surface area contributed by atoms with E-state index in [2.05, 4.69) is 17.4 Å². The predicted molar refractivity (Wildman–Crippen MR) is 105 cm³/mol. The second kappa shape index (κ2) is 9.85. The molecule has 0 saturated carbocycles. The Balaban J connectivity index is 1.70. The molecule has 1 atom stereocenters. The maximum absolute atomic E-state index is 12.2. The minimum absolute atomic E-state index is 0.0889. The minimum Gasteiger partial charge on any atom is -0.491 e. The molecule has 0 heterocycles. The average Bonchev–Trinajstić information content (AvgIpc) is 2.61. The summed E-state index contributed by atoms with van der Waals surface area (Å²) in [6, 6.07) is 15.8. The fourth-order valence-corrected chi connectivity index (χ4v) is 2.59. The maximum atomic E-state index is 12.2. The highest BCUT2D eigenvalue weighted by atomic mass is 16.5. The molecule has 0 aliphatic carbocycles. The Kier molecular flexibility index (Phi) is 7.52. The molecule has 0 bridgehead atoms. The van der Waals surface area contributed by atoms with Gasteiger partial charge in [0.15, 0.2) is 6.10 Å². The smallest absolute Gasteiger partial charge is 0.260 e. The molecule has 4 heteroatoms. The van der Waals surface area contributed by atoms with Gasteiger partial charge in [-0.05, 0) is 69.9 Å². The van der Waals surface area contributed by atoms with E-state index in [1.165, 1.54) is 5.56 Å². The molecule has 1 N–H and O–H groups in total. The van der Waals surface area contributed by atoms with E-state index in [0.29, 0.717) is 6.54 Å². The van der Waals surface area contributed by atoms with E-state index < -0.39 is 6.10 Å². The zero-order valence-corrected chi connectivity index (χ0v) is 16.1. The van der Waals surface area contributed by atoms with Crippen LogP contribution >= 0.6 is 0 Å². The number of nitrogens with one attached hydrogen (secondary N) is 1. The summed E-state index contributed by atoms with van der Waals surface area (Å²) in [4.78, 5) is 12.2. The van der Waals surface area contributed by atoms with E-state index in [1.807, 2.05) is 57.2 Å². The van der Waals surface area contributed by atoms with Crippen molar-refractivity contribution in [3.8, 4) is 11.5 Å². The number of benzene rings is 2. The third kappa shape index (κ3) is 6.43. The van der Waals surface area contributed by atoms with Crippen molar-refractivity contribution in [1.29, 1.82) is 0 Å². The van der Waals surface area contributed by atoms with Gasteiger partial charge >= 0.3 is 0 Å². The first-order valence-corrected chi connectivity index (χ1v) is 9.21. The molecule has 0 fully saturated rings. The van der Waals surface area contributed by atoms with Crippen molar-refractivity contribution in [3.63, 3.8) is 0 Å². The Morgan fingerprint density at radius 1 is 1.00 bits per heavy atom. The van der Waals surface area contributed by atoms with Gasteiger partial charge in [0.25, 0.3) is 5.91 Å². The summed E-state index contributed by atoms with van der Waals surface area (Å²) in [6.07, 6.45) is 1.46. The summed E-state index contributed by atoms with van der Waals surface area (Å²) >= 11 is 0. The Morgan fingerprint density at radius 2 is 1.69 bits per heavy atom. The first kappa shape index (κ1) is 19.8. The van der Waals surface area contributed by atoms with E-state index in [0.717, 1.165) is 29.9 Å². The lowest BCUT2D eigenvalue weighted by molar-refractivity contribution is -0.127. The Labute approximate surface area is 156 Å². The van der Waals surface area contributed by atoms with Gasteiger partial charge in [-0.2, -0.15) is 0 Å². The monoisotopic (exact) mass is 355 g/mol. The lowest BCUT2D eigenvalue weighted by atomic mass is 10.1. The van der Waals surface area contributed by atoms with Crippen LogP contribution in [0.1, 0.15) is 38.3 Å². The molecular weight excluding hydrogens is 326 g/mol. The molecule has 0 radical (unpaired) electrons. The Morgan fingerprint density at radius 3 is 2.35 bits per heavy atom. The van der Waals surface area contributed by atoms with Crippen molar-refractivity contribution in [1.82, 2.24) is 5.32 Å². The molecule has 0 aliphatic heterocycles. The van der Waals surface area contributed by atoms with Crippen molar-refractivity contribution < 1.29 is 14.3 Å². The van der Waals surface area contributed by atoms with E-state index >= 15 is 0 Å². The fourth-order valence-electron chi connectivity index (χ4n) is 2.59. The van der Waals surface area contributed by atoms with Crippen LogP contribution in [0.15, 0.2) is 48.5 Å². The molecule has 2 aromatic carbocycles. The number of carbonyl (C=O) groups is 1. The van der Waals surface area contributed by atoms with Crippen molar-refractivity contribution in [2.24, 2.45) is 0 Å². The zero-order valence-electron chi connectivity index (χ0n) is 16.1. The van der Waals surface area contributed by atoms with Crippen LogP contribution in [0.2, 0.25) is 0 Å². The van der Waals surface area contributed by atoms with E-state index in [9.17, 15) is 4.79 Å². The average molecular weight is 355 g/mol. The van der Waals surface area contributed by atoms with Gasteiger partial charge in [-0.15, -0.1) is 0 Å². The summed E-state index contributed by atoms with van der Waals surface area (Å²) in [7, 11) is 0. The SMILES string of the molecule is Cc1ccccc1O[C@@H](C)C(=O)NCCCc1ccc(OC(C)C)cc1. The first-order chi connectivity index (χ1) is 12.5. The summed E-state index contributed by atoms with van der Waals surface area (Å²) in [5.41, 5.74) is 2.26. The zero-order chi connectivity index (χ0) is 18.9. The number of hydrogen-bond acceptors (Lipinski definition) is 3. The molecule has 1 amide bonds. The van der Waals surface area contributed by atoms with Crippen LogP contribution in [0.4, 0.5) is 0 Å². The third-order valence-electron chi connectivity index (χ3n) is 4.00. The fraction of sp³-hybridized carbons (Fsp3) is 0.409. The number of aryl methyl sites for hydroxylation is 2. The minimum atomic E-state index is -0.511. The predicted octanol–water partition coefficient (Wildman–Crippen LogP) is 4.30. The molecule has 0 aliphatic rings. The maximum Gasteiger partial charge on any atom is 0.260 e. The van der Waals surface area contributed by atoms with Crippen LogP contribution in [-0.4, -0.2) is 24.7 Å². The van der Waals surface area contributed by atoms with Crippen LogP contribution in [0, 0.1) is 6.92 Å². The lowest BCUT2D eigenvalue weighted by Gasteiger charge is -2.16. The number of rotatable bonds is 9. The molecule has 2 aromatic rings. The van der Waals surface area contributed by atoms with Crippen LogP contribution in [-0.2, 0) is 11.2 Å². The van der Waals surface area contributed by atoms with Gasteiger partial charge < -0.3 is 14.8 Å². The number of para-hydroxylation sites is 1. The van der Waals surface area contributed by atoms with Gasteiger partial charge in [0.1, 0.15) is 11.5 Å². The highest BCUT2D eigenvalue weighted by Crippen LogP contribution is 2.18. The van der Waals surface area contributed by atoms with Gasteiger partial charge in [0.05, 0.1) is 6.10 Å². The molecular formula is C22H29NO3. The number of amides is 1. The van der Waals surface area contributed by atoms with E-state index in [1.54, 1.807) is 6.92 Å². The molecule has 0 spiro atoms. The van der Waals surface area contributed by atoms with Crippen molar-refractivity contribution in [2.75, 3.05) is 6.54 Å². The molecule has 4 nitrogen and oxygen atoms in total.